The van der Waals surface area contributed by atoms with E-state index in [9.17, 15) is 4.79 Å². The van der Waals surface area contributed by atoms with Crippen molar-refractivity contribution >= 4 is 11.6 Å². The fourth-order valence-corrected chi connectivity index (χ4v) is 3.16. The number of hydrogen-bond acceptors (Lipinski definition) is 6. The van der Waals surface area contributed by atoms with E-state index < -0.39 is 0 Å². The van der Waals surface area contributed by atoms with E-state index in [0.29, 0.717) is 12.3 Å². The Balaban J connectivity index is 1.45. The summed E-state index contributed by atoms with van der Waals surface area (Å²) in [6.45, 7) is 5.31. The molecule has 0 radical (unpaired) electrons. The van der Waals surface area contributed by atoms with Crippen molar-refractivity contribution in [2.45, 2.75) is 0 Å². The average molecular weight is 384 g/mol. The van der Waals surface area contributed by atoms with Crippen molar-refractivity contribution in [1.29, 1.82) is 0 Å². The summed E-state index contributed by atoms with van der Waals surface area (Å²) >= 11 is 0. The van der Waals surface area contributed by atoms with Gasteiger partial charge in [0.15, 0.2) is 0 Å². The topological polar surface area (TPSA) is 58.1 Å². The van der Waals surface area contributed by atoms with E-state index in [1.807, 2.05) is 36.4 Å². The van der Waals surface area contributed by atoms with Gasteiger partial charge in [0, 0.05) is 58.7 Å². The first-order valence-corrected chi connectivity index (χ1v) is 9.48. The Bertz CT molecular complexity index is 771. The quantitative estimate of drug-likeness (QED) is 0.728. The third-order valence-electron chi connectivity index (χ3n) is 4.84. The lowest BCUT2D eigenvalue weighted by molar-refractivity contribution is 0.0822. The summed E-state index contributed by atoms with van der Waals surface area (Å²) in [6.07, 6.45) is 1.71. The third-order valence-corrected chi connectivity index (χ3v) is 4.84. The van der Waals surface area contributed by atoms with Gasteiger partial charge in [-0.2, -0.15) is 0 Å². The van der Waals surface area contributed by atoms with Gasteiger partial charge >= 0.3 is 0 Å². The molecule has 0 N–H and O–H groups in total. The molecule has 1 aliphatic heterocycles. The van der Waals surface area contributed by atoms with Crippen molar-refractivity contribution in [2.75, 3.05) is 65.4 Å². The number of benzene rings is 1. The van der Waals surface area contributed by atoms with Crippen LogP contribution in [0.15, 0.2) is 42.6 Å². The van der Waals surface area contributed by atoms with Gasteiger partial charge in [0.1, 0.15) is 23.8 Å². The molecule has 0 saturated carbocycles. The minimum atomic E-state index is -0.0730. The van der Waals surface area contributed by atoms with Crippen molar-refractivity contribution in [3.8, 4) is 11.5 Å². The maximum Gasteiger partial charge on any atom is 0.272 e. The minimum Gasteiger partial charge on any atom is -0.497 e. The molecule has 0 atom stereocenters. The summed E-state index contributed by atoms with van der Waals surface area (Å²) in [4.78, 5) is 22.6. The third kappa shape index (κ3) is 5.13. The fraction of sp³-hybridized carbons (Fsp3) is 0.429. The smallest absolute Gasteiger partial charge is 0.272 e. The molecule has 0 unspecified atom stereocenters. The number of hydrogen-bond donors (Lipinski definition) is 0. The number of aromatic nitrogens is 1. The summed E-state index contributed by atoms with van der Waals surface area (Å²) in [5.74, 6) is 1.61. The van der Waals surface area contributed by atoms with Gasteiger partial charge < -0.3 is 19.3 Å². The predicted molar refractivity (Wildman–Crippen MR) is 109 cm³/mol. The number of piperazine rings is 1. The second kappa shape index (κ2) is 9.41. The number of carbonyl (C=O) groups excluding carboxylic acids is 1. The van der Waals surface area contributed by atoms with E-state index in [0.717, 1.165) is 49.9 Å². The van der Waals surface area contributed by atoms with Gasteiger partial charge in [-0.15, -0.1) is 0 Å². The van der Waals surface area contributed by atoms with Crippen LogP contribution in [0.1, 0.15) is 10.5 Å². The Morgan fingerprint density at radius 3 is 2.39 bits per heavy atom. The van der Waals surface area contributed by atoms with Gasteiger partial charge in [-0.05, 0) is 36.4 Å². The zero-order chi connectivity index (χ0) is 19.9. The number of methoxy groups -OCH3 is 1. The highest BCUT2D eigenvalue weighted by molar-refractivity contribution is 5.92. The van der Waals surface area contributed by atoms with Crippen LogP contribution in [0.5, 0.6) is 11.5 Å². The number of rotatable bonds is 7. The van der Waals surface area contributed by atoms with Crippen LogP contribution in [0.3, 0.4) is 0 Å². The van der Waals surface area contributed by atoms with Crippen LogP contribution in [0, 0.1) is 0 Å². The first-order chi connectivity index (χ1) is 13.6. The van der Waals surface area contributed by atoms with Gasteiger partial charge in [0.25, 0.3) is 5.91 Å². The lowest BCUT2D eigenvalue weighted by Crippen LogP contribution is -2.47. The van der Waals surface area contributed by atoms with Gasteiger partial charge in [0.05, 0.1) is 7.11 Å². The van der Waals surface area contributed by atoms with E-state index in [1.54, 1.807) is 32.3 Å². The molecule has 150 valence electrons. The van der Waals surface area contributed by atoms with Crippen LogP contribution in [-0.2, 0) is 0 Å². The maximum atomic E-state index is 12.1. The van der Waals surface area contributed by atoms with Crippen LogP contribution >= 0.6 is 0 Å². The minimum absolute atomic E-state index is 0.0730. The summed E-state index contributed by atoms with van der Waals surface area (Å²) in [7, 11) is 5.13. The lowest BCUT2D eigenvalue weighted by atomic mass is 10.2. The summed E-state index contributed by atoms with van der Waals surface area (Å²) in [5.41, 5.74) is 1.53. The van der Waals surface area contributed by atoms with Gasteiger partial charge in [-0.1, -0.05) is 0 Å². The Hall–Kier alpha value is -2.80. The summed E-state index contributed by atoms with van der Waals surface area (Å²) < 4.78 is 11.0. The lowest BCUT2D eigenvalue weighted by Gasteiger charge is -2.36. The number of amides is 1. The molecule has 7 heteroatoms. The van der Waals surface area contributed by atoms with Crippen molar-refractivity contribution in [3.63, 3.8) is 0 Å². The van der Waals surface area contributed by atoms with Crippen LogP contribution in [0.25, 0.3) is 0 Å². The highest BCUT2D eigenvalue weighted by Crippen LogP contribution is 2.19. The molecular weight excluding hydrogens is 356 g/mol. The second-order valence-electron chi connectivity index (χ2n) is 6.95. The predicted octanol–water partition coefficient (Wildman–Crippen LogP) is 1.99. The molecule has 28 heavy (non-hydrogen) atoms. The summed E-state index contributed by atoms with van der Waals surface area (Å²) in [5, 5.41) is 0. The number of nitrogens with zero attached hydrogens (tertiary/aromatic N) is 4. The largest absolute Gasteiger partial charge is 0.497 e. The van der Waals surface area contributed by atoms with Gasteiger partial charge in [-0.25, -0.2) is 0 Å². The molecule has 1 amide bonds. The molecule has 2 aromatic rings. The van der Waals surface area contributed by atoms with E-state index >= 15 is 0 Å². The first-order valence-electron chi connectivity index (χ1n) is 9.48. The average Bonchev–Trinajstić information content (AvgIpc) is 2.74. The Kier molecular flexibility index (Phi) is 6.71. The molecule has 1 aromatic carbocycles. The molecule has 1 fully saturated rings. The summed E-state index contributed by atoms with van der Waals surface area (Å²) in [6, 6.07) is 11.5. The molecule has 0 spiro atoms. The zero-order valence-corrected chi connectivity index (χ0v) is 16.8. The standard InChI is InChI=1S/C21H28N4O3/c1-23(2)21(26)20-16-17(8-9-22-20)25-12-10-24(11-13-25)14-15-28-19-6-4-18(27-3)5-7-19/h4-9,16H,10-15H2,1-3H3. The van der Waals surface area contributed by atoms with Crippen molar-refractivity contribution in [1.82, 2.24) is 14.8 Å². The van der Waals surface area contributed by atoms with E-state index in [4.69, 9.17) is 9.47 Å². The number of anilines is 1. The number of ether oxygens (including phenoxy) is 2. The molecule has 0 aliphatic carbocycles. The van der Waals surface area contributed by atoms with Crippen molar-refractivity contribution < 1.29 is 14.3 Å². The van der Waals surface area contributed by atoms with E-state index in [2.05, 4.69) is 14.8 Å². The van der Waals surface area contributed by atoms with Crippen molar-refractivity contribution in [3.05, 3.63) is 48.3 Å². The Labute approximate surface area is 166 Å². The highest BCUT2D eigenvalue weighted by atomic mass is 16.5. The molecule has 1 saturated heterocycles. The van der Waals surface area contributed by atoms with Crippen molar-refractivity contribution in [2.24, 2.45) is 0 Å². The highest BCUT2D eigenvalue weighted by Gasteiger charge is 2.19. The first kappa shape index (κ1) is 19.9. The Morgan fingerprint density at radius 2 is 1.75 bits per heavy atom. The number of pyridine rings is 1. The van der Waals surface area contributed by atoms with Gasteiger partial charge in [-0.3, -0.25) is 14.7 Å². The Morgan fingerprint density at radius 1 is 1.07 bits per heavy atom. The van der Waals surface area contributed by atoms with Crippen LogP contribution in [0.2, 0.25) is 0 Å². The zero-order valence-electron chi connectivity index (χ0n) is 16.8. The van der Waals surface area contributed by atoms with E-state index in [-0.39, 0.29) is 5.91 Å². The molecule has 1 aliphatic rings. The number of carbonyl (C=O) groups is 1. The van der Waals surface area contributed by atoms with Crippen LogP contribution in [0.4, 0.5) is 5.69 Å². The molecule has 1 aromatic heterocycles. The van der Waals surface area contributed by atoms with Gasteiger partial charge in [0.2, 0.25) is 0 Å². The normalized spacial score (nSPS) is 14.6. The molecule has 0 bridgehead atoms. The fourth-order valence-electron chi connectivity index (χ4n) is 3.16. The van der Waals surface area contributed by atoms with E-state index in [1.165, 1.54) is 0 Å². The maximum absolute atomic E-state index is 12.1. The monoisotopic (exact) mass is 384 g/mol. The molecule has 7 nitrogen and oxygen atoms in total. The van der Waals surface area contributed by atoms with Crippen LogP contribution < -0.4 is 14.4 Å². The SMILES string of the molecule is COc1ccc(OCCN2CCN(c3ccnc(C(=O)N(C)C)c3)CC2)cc1. The molecular formula is C21H28N4O3. The van der Waals surface area contributed by atoms with Crippen LogP contribution in [-0.4, -0.2) is 81.2 Å². The molecule has 3 rings (SSSR count). The second-order valence-corrected chi connectivity index (χ2v) is 6.95. The molecule has 2 heterocycles.